The van der Waals surface area contributed by atoms with Crippen molar-refractivity contribution in [2.45, 2.75) is 0 Å². The Morgan fingerprint density at radius 1 is 1.20 bits per heavy atom. The summed E-state index contributed by atoms with van der Waals surface area (Å²) < 4.78 is 0. The van der Waals surface area contributed by atoms with Gasteiger partial charge in [-0.2, -0.15) is 5.10 Å². The van der Waals surface area contributed by atoms with Crippen molar-refractivity contribution in [1.29, 1.82) is 0 Å². The second kappa shape index (κ2) is 6.58. The molecule has 1 aromatic carbocycles. The highest BCUT2D eigenvalue weighted by Gasteiger charge is 2.30. The number of hydrazone groups is 1. The van der Waals surface area contributed by atoms with E-state index < -0.39 is 27.3 Å². The molecule has 0 saturated carbocycles. The van der Waals surface area contributed by atoms with Gasteiger partial charge in [-0.3, -0.25) is 30.4 Å². The lowest BCUT2D eigenvalue weighted by molar-refractivity contribution is -0.617. The number of benzene rings is 1. The number of nitrogens with zero attached hydrogens (tertiary/aromatic N) is 3. The van der Waals surface area contributed by atoms with Crippen LogP contribution >= 0.6 is 0 Å². The van der Waals surface area contributed by atoms with Gasteiger partial charge in [0.25, 0.3) is 5.82 Å². The third-order valence-corrected chi connectivity index (χ3v) is 2.01. The maximum atomic E-state index is 11.5. The summed E-state index contributed by atoms with van der Waals surface area (Å²) in [6.45, 7) is 0. The van der Waals surface area contributed by atoms with Crippen LogP contribution in [0.15, 0.2) is 47.1 Å². The second-order valence-corrected chi connectivity index (χ2v) is 3.35. The van der Waals surface area contributed by atoms with Crippen molar-refractivity contribution in [3.05, 3.63) is 67.8 Å². The van der Waals surface area contributed by atoms with E-state index in [1.165, 1.54) is 12.1 Å². The molecule has 1 aromatic rings. The van der Waals surface area contributed by atoms with Crippen LogP contribution in [-0.2, 0) is 0 Å². The number of rotatable bonds is 6. The number of nitrogens with two attached hydrogens (primary N) is 1. The molecular weight excluding hydrogens is 270 g/mol. The maximum absolute atomic E-state index is 11.5. The molecule has 0 atom stereocenters. The number of ketones is 1. The molecule has 104 valence electrons. The van der Waals surface area contributed by atoms with Gasteiger partial charge in [0, 0.05) is 5.56 Å². The lowest BCUT2D eigenvalue weighted by Gasteiger charge is -1.97. The molecule has 0 aromatic heterocycles. The predicted molar refractivity (Wildman–Crippen MR) is 67.6 cm³/mol. The molecule has 0 radical (unpaired) electrons. The molecule has 0 heterocycles. The number of carbonyl (C=O) groups excluding carboxylic acids is 1. The quantitative estimate of drug-likeness (QED) is 0.323. The van der Waals surface area contributed by atoms with E-state index in [2.05, 4.69) is 5.10 Å². The Balaban J connectivity index is 2.78. The number of hydrogen-bond acceptors (Lipinski definition) is 8. The molecule has 0 saturated heterocycles. The summed E-state index contributed by atoms with van der Waals surface area (Å²) in [6.07, 6.45) is 0.805. The molecule has 3 N–H and O–H groups in total. The number of hydrogen-bond donors (Lipinski definition) is 2. The standard InChI is InChI=1S/C10H9N5O5/c11-9(10(14(17)18)15(19)20)13-12-6-8(16)7-4-2-1-3-5-7/h1-6,13H,11H2/b12-6+. The monoisotopic (exact) mass is 279 g/mol. The van der Waals surface area contributed by atoms with Crippen molar-refractivity contribution in [2.75, 3.05) is 0 Å². The largest absolute Gasteiger partial charge is 0.600 e. The van der Waals surface area contributed by atoms with E-state index >= 15 is 0 Å². The Morgan fingerprint density at radius 2 is 1.75 bits per heavy atom. The summed E-state index contributed by atoms with van der Waals surface area (Å²) in [4.78, 5) is 29.8. The van der Waals surface area contributed by atoms with Gasteiger partial charge >= 0.3 is 5.82 Å². The number of nitro groups is 2. The third-order valence-electron chi connectivity index (χ3n) is 2.01. The molecule has 10 nitrogen and oxygen atoms in total. The Bertz CT molecular complexity index is 579. The van der Waals surface area contributed by atoms with E-state index in [9.17, 15) is 25.0 Å². The molecule has 0 amide bonds. The van der Waals surface area contributed by atoms with Gasteiger partial charge in [-0.1, -0.05) is 30.3 Å². The van der Waals surface area contributed by atoms with Gasteiger partial charge in [0.15, 0.2) is 0 Å². The average molecular weight is 279 g/mol. The van der Waals surface area contributed by atoms with Crippen molar-refractivity contribution < 1.29 is 14.6 Å². The summed E-state index contributed by atoms with van der Waals surface area (Å²) in [5, 5.41) is 24.1. The first kappa shape index (κ1) is 14.8. The molecule has 0 aliphatic carbocycles. The molecular formula is C10H9N5O5. The van der Waals surface area contributed by atoms with Crippen LogP contribution in [0, 0.1) is 20.2 Å². The van der Waals surface area contributed by atoms with E-state index in [0.717, 1.165) is 6.21 Å². The van der Waals surface area contributed by atoms with E-state index in [1.54, 1.807) is 18.2 Å². The maximum Gasteiger partial charge on any atom is 0.600 e. The molecule has 10 heteroatoms. The number of Topliss-reactive ketones (excluding diaryl/α,β-unsaturated/α-hetero) is 1. The average Bonchev–Trinajstić information content (AvgIpc) is 2.38. The first-order valence-corrected chi connectivity index (χ1v) is 5.10. The van der Waals surface area contributed by atoms with Crippen LogP contribution in [0.1, 0.15) is 10.4 Å². The van der Waals surface area contributed by atoms with Gasteiger partial charge in [0.05, 0.1) is 6.21 Å². The predicted octanol–water partition coefficient (Wildman–Crippen LogP) is 0.0834. The number of carbonyl (C=O) groups is 1. The first-order valence-electron chi connectivity index (χ1n) is 5.10. The summed E-state index contributed by atoms with van der Waals surface area (Å²) in [7, 11) is 0. The zero-order valence-electron chi connectivity index (χ0n) is 9.92. The lowest BCUT2D eigenvalue weighted by Crippen LogP contribution is -2.25. The van der Waals surface area contributed by atoms with Gasteiger partial charge in [0.2, 0.25) is 5.78 Å². The van der Waals surface area contributed by atoms with Crippen molar-refractivity contribution in [3.63, 3.8) is 0 Å². The minimum Gasteiger partial charge on any atom is -0.372 e. The highest BCUT2D eigenvalue weighted by molar-refractivity contribution is 6.35. The molecule has 0 spiro atoms. The Morgan fingerprint density at radius 3 is 2.25 bits per heavy atom. The summed E-state index contributed by atoms with van der Waals surface area (Å²) in [5.74, 6) is -2.82. The van der Waals surface area contributed by atoms with E-state index in [-0.39, 0.29) is 0 Å². The molecule has 0 aliphatic heterocycles. The molecule has 20 heavy (non-hydrogen) atoms. The second-order valence-electron chi connectivity index (χ2n) is 3.35. The highest BCUT2D eigenvalue weighted by Crippen LogP contribution is 1.99. The first-order chi connectivity index (χ1) is 9.43. The fourth-order valence-corrected chi connectivity index (χ4v) is 1.15. The molecule has 0 unspecified atom stereocenters. The van der Waals surface area contributed by atoms with Crippen LogP contribution < -0.4 is 11.2 Å². The topological polar surface area (TPSA) is 154 Å². The SMILES string of the molecule is NC(N/N=C/C(=O)c1ccccc1)=C([N+](=O)[O-])[N+](=O)[O-]. The minimum absolute atomic E-state index is 0.337. The third kappa shape index (κ3) is 3.87. The highest BCUT2D eigenvalue weighted by atomic mass is 16.7. The van der Waals surface area contributed by atoms with Crippen LogP contribution in [-0.4, -0.2) is 21.8 Å². The van der Waals surface area contributed by atoms with Gasteiger partial charge in [0.1, 0.15) is 9.85 Å². The zero-order valence-corrected chi connectivity index (χ0v) is 9.92. The van der Waals surface area contributed by atoms with E-state index in [1.807, 2.05) is 5.43 Å². The molecule has 0 bridgehead atoms. The van der Waals surface area contributed by atoms with Crippen LogP contribution in [0.3, 0.4) is 0 Å². The smallest absolute Gasteiger partial charge is 0.372 e. The van der Waals surface area contributed by atoms with Crippen molar-refractivity contribution >= 4 is 12.0 Å². The Hall–Kier alpha value is -3.30. The Kier molecular flexibility index (Phi) is 4.86. The lowest BCUT2D eigenvalue weighted by atomic mass is 10.1. The van der Waals surface area contributed by atoms with Gasteiger partial charge in [-0.05, 0) is 0 Å². The summed E-state index contributed by atoms with van der Waals surface area (Å²) >= 11 is 0. The van der Waals surface area contributed by atoms with Crippen molar-refractivity contribution in [1.82, 2.24) is 5.43 Å². The number of nitrogens with one attached hydrogen (secondary N) is 1. The Labute approximate surface area is 111 Å². The normalized spacial score (nSPS) is 10.0. The van der Waals surface area contributed by atoms with E-state index in [0.29, 0.717) is 5.56 Å². The van der Waals surface area contributed by atoms with E-state index in [4.69, 9.17) is 5.73 Å². The van der Waals surface area contributed by atoms with Crippen LogP contribution in [0.2, 0.25) is 0 Å². The van der Waals surface area contributed by atoms with Crippen molar-refractivity contribution in [3.8, 4) is 0 Å². The van der Waals surface area contributed by atoms with Crippen LogP contribution in [0.25, 0.3) is 0 Å². The van der Waals surface area contributed by atoms with Gasteiger partial charge in [-0.15, -0.1) is 0 Å². The van der Waals surface area contributed by atoms with Gasteiger partial charge in [-0.25, -0.2) is 0 Å². The zero-order chi connectivity index (χ0) is 15.1. The van der Waals surface area contributed by atoms with Crippen molar-refractivity contribution in [2.24, 2.45) is 10.8 Å². The van der Waals surface area contributed by atoms with Gasteiger partial charge < -0.3 is 5.73 Å². The summed E-state index contributed by atoms with van der Waals surface area (Å²) in [6, 6.07) is 8.06. The molecule has 0 fully saturated rings. The molecule has 1 rings (SSSR count). The van der Waals surface area contributed by atoms with Crippen LogP contribution in [0.4, 0.5) is 0 Å². The summed E-state index contributed by atoms with van der Waals surface area (Å²) in [5.41, 5.74) is 7.31. The fourth-order valence-electron chi connectivity index (χ4n) is 1.15. The fraction of sp³-hybridized carbons (Fsp3) is 0. The van der Waals surface area contributed by atoms with Crippen LogP contribution in [0.5, 0.6) is 0 Å². The molecule has 0 aliphatic rings. The minimum atomic E-state index is -1.45.